The van der Waals surface area contributed by atoms with Gasteiger partial charge in [0, 0.05) is 31.9 Å². The quantitative estimate of drug-likeness (QED) is 0.440. The summed E-state index contributed by atoms with van der Waals surface area (Å²) in [4.78, 5) is 35.0. The molecule has 5 rings (SSSR count). The maximum atomic E-state index is 13.1. The number of nitrogens with zero attached hydrogens (tertiary/aromatic N) is 5. The SMILES string of the molecule is CC(C)(C=N)OC(=O)N1CCC(C2CC(=O)Nc3c(-c4nc(-c5cc(C(F)(F)F)ccn5)co4)cnn32)CC1. The van der Waals surface area contributed by atoms with E-state index in [4.69, 9.17) is 14.6 Å². The van der Waals surface area contributed by atoms with Crippen LogP contribution in [0.4, 0.5) is 23.8 Å². The summed E-state index contributed by atoms with van der Waals surface area (Å²) in [7, 11) is 0. The summed E-state index contributed by atoms with van der Waals surface area (Å²) in [6.45, 7) is 4.14. The van der Waals surface area contributed by atoms with E-state index in [9.17, 15) is 22.8 Å². The van der Waals surface area contributed by atoms with Gasteiger partial charge in [0.2, 0.25) is 11.8 Å². The van der Waals surface area contributed by atoms with Gasteiger partial charge in [-0.2, -0.15) is 18.3 Å². The average molecular weight is 546 g/mol. The van der Waals surface area contributed by atoms with E-state index in [0.29, 0.717) is 37.3 Å². The number of rotatable bonds is 5. The molecule has 2 aliphatic rings. The fourth-order valence-corrected chi connectivity index (χ4v) is 4.77. The Morgan fingerprint density at radius 1 is 1.26 bits per heavy atom. The molecule has 0 spiro atoms. The number of fused-ring (bicyclic) bond motifs is 1. The van der Waals surface area contributed by atoms with E-state index in [1.54, 1.807) is 23.4 Å². The van der Waals surface area contributed by atoms with E-state index >= 15 is 0 Å². The second-order valence-electron chi connectivity index (χ2n) is 10.1. The Bertz CT molecular complexity index is 1410. The van der Waals surface area contributed by atoms with Gasteiger partial charge in [-0.05, 0) is 44.7 Å². The number of oxazole rings is 1. The number of halogens is 3. The summed E-state index contributed by atoms with van der Waals surface area (Å²) in [5, 5.41) is 14.7. The zero-order valence-electron chi connectivity index (χ0n) is 21.2. The number of pyridine rings is 1. The molecule has 1 unspecified atom stereocenters. The lowest BCUT2D eigenvalue weighted by atomic mass is 9.87. The van der Waals surface area contributed by atoms with Gasteiger partial charge in [-0.15, -0.1) is 0 Å². The van der Waals surface area contributed by atoms with Gasteiger partial charge in [0.05, 0.1) is 29.1 Å². The second-order valence-corrected chi connectivity index (χ2v) is 10.1. The molecule has 3 aromatic heterocycles. The highest BCUT2D eigenvalue weighted by Crippen LogP contribution is 2.40. The van der Waals surface area contributed by atoms with Crippen molar-refractivity contribution in [2.45, 2.75) is 50.9 Å². The predicted octanol–water partition coefficient (Wildman–Crippen LogP) is 4.78. The molecule has 0 saturated carbocycles. The first-order chi connectivity index (χ1) is 18.4. The molecule has 2 aliphatic heterocycles. The summed E-state index contributed by atoms with van der Waals surface area (Å²) in [5.41, 5.74) is -1.35. The molecule has 2 N–H and O–H groups in total. The van der Waals surface area contributed by atoms with Gasteiger partial charge < -0.3 is 24.8 Å². The van der Waals surface area contributed by atoms with Crippen LogP contribution in [-0.4, -0.2) is 61.6 Å². The Balaban J connectivity index is 1.33. The monoisotopic (exact) mass is 545 g/mol. The lowest BCUT2D eigenvalue weighted by Crippen LogP contribution is -2.45. The van der Waals surface area contributed by atoms with E-state index in [1.165, 1.54) is 12.5 Å². The smallest absolute Gasteiger partial charge is 0.416 e. The maximum absolute atomic E-state index is 13.1. The van der Waals surface area contributed by atoms with E-state index < -0.39 is 23.4 Å². The van der Waals surface area contributed by atoms with Crippen molar-refractivity contribution in [3.63, 3.8) is 0 Å². The maximum Gasteiger partial charge on any atom is 0.416 e. The molecule has 1 atom stereocenters. The molecule has 3 aromatic rings. The minimum Gasteiger partial charge on any atom is -0.444 e. The molecule has 2 amide bonds. The lowest BCUT2D eigenvalue weighted by Gasteiger charge is -2.38. The third-order valence-electron chi connectivity index (χ3n) is 6.89. The number of nitrogens with one attached hydrogen (secondary N) is 2. The van der Waals surface area contributed by atoms with E-state index in [1.807, 2.05) is 0 Å². The van der Waals surface area contributed by atoms with E-state index in [-0.39, 0.29) is 41.6 Å². The van der Waals surface area contributed by atoms with Crippen molar-refractivity contribution in [3.8, 4) is 22.8 Å². The normalized spacial score (nSPS) is 18.4. The van der Waals surface area contributed by atoms with Crippen molar-refractivity contribution in [2.75, 3.05) is 18.4 Å². The number of amides is 2. The number of likely N-dealkylation sites (tertiary alicyclic amines) is 1. The zero-order chi connectivity index (χ0) is 27.9. The van der Waals surface area contributed by atoms with Crippen molar-refractivity contribution in [1.29, 1.82) is 5.41 Å². The molecule has 5 heterocycles. The van der Waals surface area contributed by atoms with Crippen LogP contribution in [0.5, 0.6) is 0 Å². The number of carbonyl (C=O) groups is 2. The highest BCUT2D eigenvalue weighted by Gasteiger charge is 2.38. The fourth-order valence-electron chi connectivity index (χ4n) is 4.77. The number of alkyl halides is 3. The van der Waals surface area contributed by atoms with E-state index in [2.05, 4.69) is 20.4 Å². The Morgan fingerprint density at radius 2 is 2.00 bits per heavy atom. The van der Waals surface area contributed by atoms with Gasteiger partial charge in [-0.1, -0.05) is 0 Å². The third-order valence-corrected chi connectivity index (χ3v) is 6.89. The third kappa shape index (κ3) is 5.36. The van der Waals surface area contributed by atoms with Crippen LogP contribution in [0.1, 0.15) is 44.7 Å². The average Bonchev–Trinajstić information content (AvgIpc) is 3.55. The van der Waals surface area contributed by atoms with Crippen molar-refractivity contribution in [1.82, 2.24) is 24.6 Å². The van der Waals surface area contributed by atoms with Gasteiger partial charge in [0.25, 0.3) is 0 Å². The number of hydrogen-bond donors (Lipinski definition) is 2. The standard InChI is InChI=1S/C25H26F3N7O4/c1-24(2,13-29)39-23(37)34-7-4-14(5-8-34)19-10-20(36)33-21-16(11-31-35(19)21)22-32-18(12-38-22)17-9-15(3-6-30-17)25(26,27)28/h3,6,9,11-14,19,29H,4-5,7-8,10H2,1-2H3,(H,33,36). The number of carbonyl (C=O) groups excluding carboxylic acids is 2. The second kappa shape index (κ2) is 9.82. The topological polar surface area (TPSA) is 139 Å². The van der Waals surface area contributed by atoms with E-state index in [0.717, 1.165) is 24.5 Å². The Labute approximate surface area is 220 Å². The number of piperidine rings is 1. The van der Waals surface area contributed by atoms with Crippen LogP contribution in [0.15, 0.2) is 35.2 Å². The van der Waals surface area contributed by atoms with Crippen LogP contribution in [-0.2, 0) is 15.7 Å². The molecule has 0 aliphatic carbocycles. The predicted molar refractivity (Wildman–Crippen MR) is 132 cm³/mol. The molecular weight excluding hydrogens is 519 g/mol. The highest BCUT2D eigenvalue weighted by molar-refractivity contribution is 5.95. The number of anilines is 1. The first kappa shape index (κ1) is 26.4. The molecule has 0 bridgehead atoms. The first-order valence-corrected chi connectivity index (χ1v) is 12.3. The van der Waals surface area contributed by atoms with Gasteiger partial charge >= 0.3 is 12.3 Å². The summed E-state index contributed by atoms with van der Waals surface area (Å²) < 4.78 is 52.0. The van der Waals surface area contributed by atoms with Crippen LogP contribution in [0.2, 0.25) is 0 Å². The molecule has 14 heteroatoms. The van der Waals surface area contributed by atoms with Crippen LogP contribution < -0.4 is 5.32 Å². The van der Waals surface area contributed by atoms with Crippen molar-refractivity contribution in [2.24, 2.45) is 5.92 Å². The minimum absolute atomic E-state index is 0.00272. The summed E-state index contributed by atoms with van der Waals surface area (Å²) in [6, 6.07) is 1.50. The van der Waals surface area contributed by atoms with Crippen molar-refractivity contribution >= 4 is 24.0 Å². The Morgan fingerprint density at radius 3 is 2.69 bits per heavy atom. The summed E-state index contributed by atoms with van der Waals surface area (Å²) in [5.74, 6) is 0.306. The van der Waals surface area contributed by atoms with Crippen LogP contribution in [0.25, 0.3) is 22.8 Å². The fraction of sp³-hybridized carbons (Fsp3) is 0.440. The van der Waals surface area contributed by atoms with Gasteiger partial charge in [-0.25, -0.2) is 14.5 Å². The summed E-state index contributed by atoms with van der Waals surface area (Å²) in [6.07, 6.45) is 1.26. The molecule has 1 fully saturated rings. The molecule has 39 heavy (non-hydrogen) atoms. The van der Waals surface area contributed by atoms with Crippen molar-refractivity contribution < 1.29 is 31.9 Å². The molecule has 0 radical (unpaired) electrons. The molecule has 11 nitrogen and oxygen atoms in total. The van der Waals surface area contributed by atoms with Crippen LogP contribution in [0.3, 0.4) is 0 Å². The number of ether oxygens (including phenoxy) is 1. The van der Waals surface area contributed by atoms with Gasteiger partial charge in [0.15, 0.2) is 0 Å². The number of aromatic nitrogens is 4. The molecule has 0 aromatic carbocycles. The van der Waals surface area contributed by atoms with Crippen molar-refractivity contribution in [3.05, 3.63) is 36.4 Å². The van der Waals surface area contributed by atoms with Gasteiger partial charge in [0.1, 0.15) is 23.4 Å². The lowest BCUT2D eigenvalue weighted by molar-refractivity contribution is -0.137. The van der Waals surface area contributed by atoms with Gasteiger partial charge in [-0.3, -0.25) is 9.78 Å². The molecule has 1 saturated heterocycles. The highest BCUT2D eigenvalue weighted by atomic mass is 19.4. The molecule has 206 valence electrons. The largest absolute Gasteiger partial charge is 0.444 e. The first-order valence-electron chi connectivity index (χ1n) is 12.3. The zero-order valence-corrected chi connectivity index (χ0v) is 21.2. The minimum atomic E-state index is -4.53. The number of hydrogen-bond acceptors (Lipinski definition) is 8. The Hall–Kier alpha value is -4.23. The van der Waals surface area contributed by atoms with Crippen LogP contribution in [0, 0.1) is 11.3 Å². The van der Waals surface area contributed by atoms with Crippen LogP contribution >= 0.6 is 0 Å². The molecular formula is C25H26F3N7O4. The Kier molecular flexibility index (Phi) is 6.64. The summed E-state index contributed by atoms with van der Waals surface area (Å²) >= 11 is 0.